The molecule has 0 amide bonds. The topological polar surface area (TPSA) is 120 Å². The Morgan fingerprint density at radius 2 is 0.643 bits per heavy atom. The summed E-state index contributed by atoms with van der Waals surface area (Å²) in [6, 6.07) is 0. The van der Waals surface area contributed by atoms with Crippen molar-refractivity contribution in [3.8, 4) is 0 Å². The van der Waals surface area contributed by atoms with Crippen LogP contribution < -0.4 is 0 Å². The van der Waals surface area contributed by atoms with Crippen LogP contribution in [-0.4, -0.2) is 26.3 Å². The molecule has 0 fully saturated rings. The second-order valence-corrected chi connectivity index (χ2v) is 4.29. The number of rotatable bonds is 0. The first-order valence-electron chi connectivity index (χ1n) is 1.50. The average Bonchev–Trinajstić information content (AvgIpc) is 1.54. The van der Waals surface area contributed by atoms with Crippen LogP contribution >= 0.6 is 0 Å². The quantitative estimate of drug-likeness (QED) is 0.202. The Labute approximate surface area is 133 Å². The Hall–Kier alpha value is 2.81. The van der Waals surface area contributed by atoms with Crippen molar-refractivity contribution < 1.29 is 69.7 Å². The van der Waals surface area contributed by atoms with E-state index in [2.05, 4.69) is 35.0 Å². The zero-order valence-electron chi connectivity index (χ0n) is 5.90. The number of hydrogen-bond donors (Lipinski definition) is 0. The van der Waals surface area contributed by atoms with Crippen molar-refractivity contribution >= 4 is 65.3 Å². The summed E-state index contributed by atoms with van der Waals surface area (Å²) >= 11 is 10.6. The molecule has 0 bridgehead atoms. The maximum absolute atomic E-state index is 8.81. The van der Waals surface area contributed by atoms with E-state index < -0.39 is 30.3 Å². The van der Waals surface area contributed by atoms with Gasteiger partial charge in [0.2, 0.25) is 0 Å². The molecular weight excluding hydrogens is 384 g/mol. The second-order valence-electron chi connectivity index (χ2n) is 0.612. The Morgan fingerprint density at radius 1 is 0.643 bits per heavy atom. The van der Waals surface area contributed by atoms with E-state index in [4.69, 9.17) is 26.3 Å². The van der Waals surface area contributed by atoms with Crippen LogP contribution in [0.5, 0.6) is 0 Å². The predicted octanol–water partition coefficient (Wildman–Crippen LogP) is -2.02. The fraction of sp³-hybridized carbons (Fsp3) is 0. The third kappa shape index (κ3) is 358. The summed E-state index contributed by atoms with van der Waals surface area (Å²) in [6.07, 6.45) is 0. The molecule has 0 spiro atoms. The Kier molecular flexibility index (Phi) is 53.5. The largest absolute Gasteiger partial charge is 3.00 e. The molecule has 14 heteroatoms. The Bertz CT molecular complexity index is 118. The summed E-state index contributed by atoms with van der Waals surface area (Å²) in [7, 11) is -6.83. The minimum absolute atomic E-state index is 0. The molecule has 80 valence electrons. The molecule has 0 saturated carbocycles. The monoisotopic (exact) mass is 384 g/mol. The van der Waals surface area contributed by atoms with Gasteiger partial charge in [-0.1, -0.05) is 0 Å². The third-order valence-corrected chi connectivity index (χ3v) is 0. The molecule has 0 N–H and O–H groups in total. The van der Waals surface area contributed by atoms with Gasteiger partial charge in [-0.3, -0.25) is 0 Å². The molecule has 0 saturated heterocycles. The molecule has 3 unspecified atom stereocenters. The third-order valence-electron chi connectivity index (χ3n) is 0. The summed E-state index contributed by atoms with van der Waals surface area (Å²) < 4.78 is 52.9. The van der Waals surface area contributed by atoms with Gasteiger partial charge in [0.05, 0.1) is 0 Å². The van der Waals surface area contributed by atoms with E-state index in [1.54, 1.807) is 0 Å². The first-order chi connectivity index (χ1) is 5.20. The van der Waals surface area contributed by atoms with E-state index >= 15 is 0 Å². The van der Waals surface area contributed by atoms with Crippen LogP contribution in [0.15, 0.2) is 0 Å². The average molecular weight is 384 g/mol. The van der Waals surface area contributed by atoms with Crippen LogP contribution in [0.3, 0.4) is 0 Å². The van der Waals surface area contributed by atoms with E-state index in [0.717, 1.165) is 0 Å². The van der Waals surface area contributed by atoms with Gasteiger partial charge in [-0.15, -0.1) is 0 Å². The van der Waals surface area contributed by atoms with E-state index in [1.807, 2.05) is 0 Å². The molecule has 6 nitrogen and oxygen atoms in total. The van der Waals surface area contributed by atoms with Gasteiger partial charge in [-0.25, -0.2) is 30.3 Å². The molecule has 3 atom stereocenters. The van der Waals surface area contributed by atoms with Crippen molar-refractivity contribution in [2.75, 3.05) is 0 Å². The van der Waals surface area contributed by atoms with Crippen LogP contribution in [0, 0.1) is 0 Å². The van der Waals surface area contributed by atoms with E-state index in [0.29, 0.717) is 0 Å². The summed E-state index contributed by atoms with van der Waals surface area (Å²) in [6.45, 7) is 0. The van der Waals surface area contributed by atoms with E-state index in [9.17, 15) is 0 Å². The maximum Gasteiger partial charge on any atom is 3.00 e. The standard InChI is InChI=1S/3H2O2S2.2Ti/c3*1-4(2)3;;/h3*(H2,1,2,3);;/q;;;2*+3/p-6. The predicted molar refractivity (Wildman–Crippen MR) is 48.9 cm³/mol. The minimum atomic E-state index is -2.28. The van der Waals surface area contributed by atoms with Crippen molar-refractivity contribution in [2.45, 2.75) is 0 Å². The molecule has 0 aromatic heterocycles. The van der Waals surface area contributed by atoms with Crippen molar-refractivity contribution in [1.82, 2.24) is 0 Å². The van der Waals surface area contributed by atoms with Crippen LogP contribution in [-0.2, 0) is 109 Å². The normalized spacial score (nSPS) is 13.3. The van der Waals surface area contributed by atoms with Crippen LogP contribution in [0.25, 0.3) is 0 Å². The summed E-state index contributed by atoms with van der Waals surface area (Å²) in [5.74, 6) is 0. The van der Waals surface area contributed by atoms with Crippen LogP contribution in [0.4, 0.5) is 0 Å². The van der Waals surface area contributed by atoms with Gasteiger partial charge in [-0.05, 0) is 0 Å². The van der Waals surface area contributed by atoms with Gasteiger partial charge in [0, 0.05) is 0 Å². The van der Waals surface area contributed by atoms with Gasteiger partial charge in [-0.2, -0.15) is 0 Å². The Morgan fingerprint density at radius 3 is 0.643 bits per heavy atom. The fourth-order valence-corrected chi connectivity index (χ4v) is 0. The molecule has 0 heterocycles. The fourth-order valence-electron chi connectivity index (χ4n) is 0. The van der Waals surface area contributed by atoms with Crippen molar-refractivity contribution in [3.63, 3.8) is 0 Å². The zero-order chi connectivity index (χ0) is 10.7. The molecule has 0 aliphatic rings. The smallest absolute Gasteiger partial charge is 0.793 e. The molecule has 0 aliphatic heterocycles. The molecule has 0 rings (SSSR count). The van der Waals surface area contributed by atoms with Crippen molar-refractivity contribution in [3.05, 3.63) is 0 Å². The first-order valence-corrected chi connectivity index (χ1v) is 7.50. The first kappa shape index (κ1) is 30.1. The van der Waals surface area contributed by atoms with Gasteiger partial charge in [0.15, 0.2) is 0 Å². The maximum atomic E-state index is 8.81. The molecule has 2 radical (unpaired) electrons. The Balaban J connectivity index is -0.0000000270. The summed E-state index contributed by atoms with van der Waals surface area (Å²) in [5, 5.41) is 0. The van der Waals surface area contributed by atoms with Crippen LogP contribution in [0.2, 0.25) is 0 Å². The molecule has 0 aromatic rings. The SMILES string of the molecule is O=S([O-])[S-].O=S([O-])[S-].O=S([O-])[S-].[Ti+3].[Ti+3]. The van der Waals surface area contributed by atoms with Gasteiger partial charge in [0.1, 0.15) is 0 Å². The molecule has 14 heavy (non-hydrogen) atoms. The number of hydrogen-bond acceptors (Lipinski definition) is 9. The van der Waals surface area contributed by atoms with Crippen molar-refractivity contribution in [2.24, 2.45) is 0 Å². The molecule has 0 aromatic carbocycles. The summed E-state index contributed by atoms with van der Waals surface area (Å²) in [4.78, 5) is 0. The van der Waals surface area contributed by atoms with Gasteiger partial charge >= 0.3 is 43.4 Å². The van der Waals surface area contributed by atoms with Crippen molar-refractivity contribution in [1.29, 1.82) is 0 Å². The van der Waals surface area contributed by atoms with E-state index in [-0.39, 0.29) is 43.4 Å². The zero-order valence-corrected chi connectivity index (χ0v) is 13.9. The molecular formula is O6S6Ti2. The minimum Gasteiger partial charge on any atom is -0.793 e. The second kappa shape index (κ2) is 24.9. The van der Waals surface area contributed by atoms with Gasteiger partial charge < -0.3 is 61.3 Å². The molecule has 0 aliphatic carbocycles. The summed E-state index contributed by atoms with van der Waals surface area (Å²) in [5.41, 5.74) is 0. The van der Waals surface area contributed by atoms with Crippen LogP contribution in [0.1, 0.15) is 0 Å². The van der Waals surface area contributed by atoms with E-state index in [1.165, 1.54) is 0 Å². The van der Waals surface area contributed by atoms with Gasteiger partial charge in [0.25, 0.3) is 0 Å².